The Morgan fingerprint density at radius 1 is 1.44 bits per heavy atom. The number of piperidine rings is 1. The number of hydrogen-bond acceptors (Lipinski definition) is 6. The van der Waals surface area contributed by atoms with Crippen molar-refractivity contribution in [2.75, 3.05) is 24.2 Å². The van der Waals surface area contributed by atoms with Crippen LogP contribution in [0.5, 0.6) is 0 Å². The number of rotatable bonds is 5. The highest BCUT2D eigenvalue weighted by Crippen LogP contribution is 2.23. The Morgan fingerprint density at radius 3 is 2.92 bits per heavy atom. The van der Waals surface area contributed by atoms with Gasteiger partial charge >= 0.3 is 0 Å². The number of amides is 1. The Labute approximate surface area is 157 Å². The monoisotopic (exact) mass is 382 g/mol. The van der Waals surface area contributed by atoms with Crippen LogP contribution in [0.3, 0.4) is 0 Å². The van der Waals surface area contributed by atoms with E-state index in [1.165, 1.54) is 0 Å². The predicted octanol–water partition coefficient (Wildman–Crippen LogP) is 2.46. The van der Waals surface area contributed by atoms with Crippen LogP contribution in [0, 0.1) is 0 Å². The first-order valence-electron chi connectivity index (χ1n) is 8.19. The number of carbonyl (C=O) groups excluding carboxylic acids is 1. The summed E-state index contributed by atoms with van der Waals surface area (Å²) in [6.07, 6.45) is 3.71. The molecule has 1 aliphatic rings. The zero-order valence-electron chi connectivity index (χ0n) is 14.4. The zero-order chi connectivity index (χ0) is 16.9. The van der Waals surface area contributed by atoms with Crippen molar-refractivity contribution in [3.63, 3.8) is 0 Å². The second-order valence-corrected chi connectivity index (χ2v) is 7.00. The lowest BCUT2D eigenvalue weighted by atomic mass is 9.98. The van der Waals surface area contributed by atoms with Gasteiger partial charge in [0.1, 0.15) is 0 Å². The Kier molecular flexibility index (Phi) is 7.22. The fourth-order valence-corrected chi connectivity index (χ4v) is 3.36. The Bertz CT molecular complexity index is 716. The molecule has 0 saturated carbocycles. The van der Waals surface area contributed by atoms with Crippen molar-refractivity contribution >= 4 is 36.0 Å². The molecule has 2 N–H and O–H groups in total. The molecule has 3 heterocycles. The maximum Gasteiger partial charge on any atom is 0.258 e. The molecule has 1 saturated heterocycles. The Hall–Kier alpha value is -1.64. The molecule has 3 rings (SSSR count). The van der Waals surface area contributed by atoms with Gasteiger partial charge < -0.3 is 5.32 Å². The first-order chi connectivity index (χ1) is 11.7. The average molecular weight is 383 g/mol. The molecule has 136 valence electrons. The summed E-state index contributed by atoms with van der Waals surface area (Å²) in [4.78, 5) is 21.2. The number of hydrogen-bond donors (Lipinski definition) is 2. The molecule has 7 nitrogen and oxygen atoms in total. The minimum absolute atomic E-state index is 0. The summed E-state index contributed by atoms with van der Waals surface area (Å²) in [5.74, 6) is 2.38. The van der Waals surface area contributed by atoms with E-state index in [1.807, 2.05) is 0 Å². The van der Waals surface area contributed by atoms with Gasteiger partial charge in [-0.2, -0.15) is 10.1 Å². The van der Waals surface area contributed by atoms with Crippen LogP contribution in [0.2, 0.25) is 0 Å². The molecular weight excluding hydrogens is 360 g/mol. The highest BCUT2D eigenvalue weighted by Gasteiger charge is 2.21. The molecule has 2 aromatic heterocycles. The largest absolute Gasteiger partial charge is 0.317 e. The molecule has 1 aliphatic heterocycles. The molecule has 0 spiro atoms. The lowest BCUT2D eigenvalue weighted by molar-refractivity contribution is 0.102. The van der Waals surface area contributed by atoms with Crippen molar-refractivity contribution in [3.8, 4) is 0 Å². The summed E-state index contributed by atoms with van der Waals surface area (Å²) in [6, 6.07) is 3.51. The van der Waals surface area contributed by atoms with Crippen LogP contribution in [0.25, 0.3) is 0 Å². The summed E-state index contributed by atoms with van der Waals surface area (Å²) in [7, 11) is 1.80. The van der Waals surface area contributed by atoms with Crippen molar-refractivity contribution in [3.05, 3.63) is 29.7 Å². The van der Waals surface area contributed by atoms with Gasteiger partial charge in [-0.25, -0.2) is 9.67 Å². The van der Waals surface area contributed by atoms with Gasteiger partial charge in [0.2, 0.25) is 5.95 Å². The van der Waals surface area contributed by atoms with E-state index in [9.17, 15) is 4.79 Å². The summed E-state index contributed by atoms with van der Waals surface area (Å²) in [5, 5.41) is 11.5. The van der Waals surface area contributed by atoms with E-state index in [0.29, 0.717) is 17.4 Å². The van der Waals surface area contributed by atoms with E-state index in [-0.39, 0.29) is 18.3 Å². The van der Waals surface area contributed by atoms with Gasteiger partial charge in [-0.3, -0.25) is 10.1 Å². The van der Waals surface area contributed by atoms with Crippen LogP contribution in [-0.2, 0) is 7.05 Å². The lowest BCUT2D eigenvalue weighted by Crippen LogP contribution is -2.27. The number of halogens is 1. The van der Waals surface area contributed by atoms with Crippen molar-refractivity contribution in [2.45, 2.75) is 30.7 Å². The number of nitrogens with one attached hydrogen (secondary N) is 2. The molecule has 2 aromatic rings. The fraction of sp³-hybridized carbons (Fsp3) is 0.500. The maximum absolute atomic E-state index is 12.5. The molecule has 0 radical (unpaired) electrons. The van der Waals surface area contributed by atoms with E-state index in [0.717, 1.165) is 42.5 Å². The molecule has 1 amide bonds. The Morgan fingerprint density at radius 2 is 2.20 bits per heavy atom. The molecule has 1 fully saturated rings. The topological polar surface area (TPSA) is 84.7 Å². The standard InChI is InChI=1S/C16H22N6OS.ClH/c1-3-24-13-10-12(6-9-18-13)15(23)20-16-19-14(21-22(16)2)11-4-7-17-8-5-11;/h6,9-11,17H,3-5,7-8H2,1-2H3,(H,19,20,21,23);1H. The van der Waals surface area contributed by atoms with Crippen LogP contribution in [0.15, 0.2) is 23.4 Å². The maximum atomic E-state index is 12.5. The van der Waals surface area contributed by atoms with Gasteiger partial charge in [0.05, 0.1) is 5.03 Å². The van der Waals surface area contributed by atoms with Gasteiger partial charge in [0.25, 0.3) is 5.91 Å². The first kappa shape index (κ1) is 19.7. The van der Waals surface area contributed by atoms with E-state index in [4.69, 9.17) is 0 Å². The first-order valence-corrected chi connectivity index (χ1v) is 9.17. The third-order valence-corrected chi connectivity index (χ3v) is 4.81. The molecule has 0 aliphatic carbocycles. The normalized spacial score (nSPS) is 14.8. The summed E-state index contributed by atoms with van der Waals surface area (Å²) in [6.45, 7) is 4.03. The van der Waals surface area contributed by atoms with Crippen molar-refractivity contribution in [1.29, 1.82) is 0 Å². The minimum Gasteiger partial charge on any atom is -0.317 e. The van der Waals surface area contributed by atoms with E-state index in [1.54, 1.807) is 41.8 Å². The smallest absolute Gasteiger partial charge is 0.258 e. The summed E-state index contributed by atoms with van der Waals surface area (Å²) < 4.78 is 1.64. The van der Waals surface area contributed by atoms with Gasteiger partial charge in [-0.05, 0) is 43.8 Å². The summed E-state index contributed by atoms with van der Waals surface area (Å²) >= 11 is 1.61. The average Bonchev–Trinajstić information content (AvgIpc) is 2.97. The highest BCUT2D eigenvalue weighted by atomic mass is 35.5. The van der Waals surface area contributed by atoms with E-state index in [2.05, 4.69) is 32.6 Å². The third-order valence-electron chi connectivity index (χ3n) is 4.00. The minimum atomic E-state index is -0.192. The SMILES string of the molecule is CCSc1cc(C(=O)Nc2nc(C3CCNCC3)nn2C)ccn1.Cl. The zero-order valence-corrected chi connectivity index (χ0v) is 16.0. The molecule has 9 heteroatoms. The Balaban J connectivity index is 0.00000225. The number of anilines is 1. The van der Waals surface area contributed by atoms with Crippen LogP contribution in [-0.4, -0.2) is 44.5 Å². The lowest BCUT2D eigenvalue weighted by Gasteiger charge is -2.19. The molecule has 25 heavy (non-hydrogen) atoms. The predicted molar refractivity (Wildman–Crippen MR) is 102 cm³/mol. The molecule has 0 aromatic carbocycles. The second-order valence-electron chi connectivity index (χ2n) is 5.71. The molecular formula is C16H23ClN6OS. The second kappa shape index (κ2) is 9.17. The highest BCUT2D eigenvalue weighted by molar-refractivity contribution is 7.99. The quantitative estimate of drug-likeness (QED) is 0.773. The number of aromatic nitrogens is 4. The molecule has 0 atom stereocenters. The van der Waals surface area contributed by atoms with Gasteiger partial charge in [0, 0.05) is 24.7 Å². The number of nitrogens with zero attached hydrogens (tertiary/aromatic N) is 4. The molecule has 0 unspecified atom stereocenters. The summed E-state index contributed by atoms with van der Waals surface area (Å²) in [5.41, 5.74) is 0.576. The van der Waals surface area contributed by atoms with Gasteiger partial charge in [-0.1, -0.05) is 6.92 Å². The van der Waals surface area contributed by atoms with E-state index < -0.39 is 0 Å². The molecule has 0 bridgehead atoms. The third kappa shape index (κ3) is 4.93. The van der Waals surface area contributed by atoms with Crippen molar-refractivity contribution in [1.82, 2.24) is 25.1 Å². The fourth-order valence-electron chi connectivity index (χ4n) is 2.72. The number of carbonyl (C=O) groups is 1. The van der Waals surface area contributed by atoms with E-state index >= 15 is 0 Å². The van der Waals surface area contributed by atoms with Crippen LogP contribution in [0.1, 0.15) is 41.9 Å². The van der Waals surface area contributed by atoms with Crippen molar-refractivity contribution in [2.24, 2.45) is 7.05 Å². The van der Waals surface area contributed by atoms with Gasteiger partial charge in [-0.15, -0.1) is 24.2 Å². The van der Waals surface area contributed by atoms with Crippen molar-refractivity contribution < 1.29 is 4.79 Å². The number of aryl methyl sites for hydroxylation is 1. The number of pyridine rings is 1. The van der Waals surface area contributed by atoms with Gasteiger partial charge in [0.15, 0.2) is 5.82 Å². The van der Waals surface area contributed by atoms with Crippen LogP contribution < -0.4 is 10.6 Å². The number of thioether (sulfide) groups is 1. The van der Waals surface area contributed by atoms with Crippen LogP contribution >= 0.6 is 24.2 Å². The van der Waals surface area contributed by atoms with Crippen LogP contribution in [0.4, 0.5) is 5.95 Å².